The Balaban J connectivity index is 1.67. The van der Waals surface area contributed by atoms with Crippen LogP contribution in [-0.4, -0.2) is 16.7 Å². The van der Waals surface area contributed by atoms with Gasteiger partial charge in [-0.15, -0.1) is 11.3 Å². The molecule has 0 radical (unpaired) electrons. The molecular formula is C10H13N3OS. The minimum atomic E-state index is 0.755. The van der Waals surface area contributed by atoms with Crippen LogP contribution < -0.4 is 5.32 Å². The second-order valence-electron chi connectivity index (χ2n) is 3.29. The molecule has 0 aliphatic rings. The van der Waals surface area contributed by atoms with Gasteiger partial charge in [0.15, 0.2) is 5.82 Å². The van der Waals surface area contributed by atoms with E-state index in [1.807, 2.05) is 11.3 Å². The third-order valence-corrected chi connectivity index (χ3v) is 3.03. The molecule has 15 heavy (non-hydrogen) atoms. The van der Waals surface area contributed by atoms with Crippen LogP contribution >= 0.6 is 11.3 Å². The summed E-state index contributed by atoms with van der Waals surface area (Å²) in [6.45, 7) is 3.90. The maximum Gasteiger partial charge on any atom is 0.213 e. The highest BCUT2D eigenvalue weighted by Gasteiger charge is 1.99. The molecule has 2 rings (SSSR count). The fraction of sp³-hybridized carbons (Fsp3) is 0.400. The van der Waals surface area contributed by atoms with Gasteiger partial charge in [-0.05, 0) is 19.1 Å². The van der Waals surface area contributed by atoms with E-state index in [9.17, 15) is 0 Å². The van der Waals surface area contributed by atoms with E-state index in [-0.39, 0.29) is 0 Å². The van der Waals surface area contributed by atoms with E-state index in [0.717, 1.165) is 25.3 Å². The molecule has 5 heteroatoms. The Morgan fingerprint density at radius 1 is 1.47 bits per heavy atom. The van der Waals surface area contributed by atoms with Crippen molar-refractivity contribution in [3.63, 3.8) is 0 Å². The van der Waals surface area contributed by atoms with Crippen LogP contribution in [-0.2, 0) is 13.0 Å². The zero-order valence-electron chi connectivity index (χ0n) is 8.56. The van der Waals surface area contributed by atoms with Crippen molar-refractivity contribution in [2.45, 2.75) is 19.9 Å². The number of rotatable bonds is 5. The molecule has 0 unspecified atom stereocenters. The van der Waals surface area contributed by atoms with Crippen molar-refractivity contribution >= 4 is 11.3 Å². The molecule has 0 saturated carbocycles. The first-order valence-corrected chi connectivity index (χ1v) is 5.67. The fourth-order valence-electron chi connectivity index (χ4n) is 1.29. The standard InChI is InChI=1S/C10H13N3OS/c1-8-2-3-9(15-8)6-11-5-4-10-12-7-14-13-10/h2-3,7,11H,4-6H2,1H3. The zero-order chi connectivity index (χ0) is 10.5. The van der Waals surface area contributed by atoms with Gasteiger partial charge in [0.1, 0.15) is 0 Å². The van der Waals surface area contributed by atoms with Crippen LogP contribution in [0, 0.1) is 6.92 Å². The lowest BCUT2D eigenvalue weighted by Crippen LogP contribution is -2.16. The molecule has 0 aliphatic heterocycles. The normalized spacial score (nSPS) is 10.7. The van der Waals surface area contributed by atoms with Crippen LogP contribution in [0.25, 0.3) is 0 Å². The smallest absolute Gasteiger partial charge is 0.213 e. The van der Waals surface area contributed by atoms with Gasteiger partial charge in [0.2, 0.25) is 6.39 Å². The molecule has 80 valence electrons. The summed E-state index contributed by atoms with van der Waals surface area (Å²) in [7, 11) is 0. The molecule has 2 aromatic rings. The number of aryl methyl sites for hydroxylation is 1. The van der Waals surface area contributed by atoms with Crippen LogP contribution in [0.4, 0.5) is 0 Å². The summed E-state index contributed by atoms with van der Waals surface area (Å²) >= 11 is 1.82. The molecule has 0 amide bonds. The average Bonchev–Trinajstić information content (AvgIpc) is 2.84. The maximum absolute atomic E-state index is 4.65. The Morgan fingerprint density at radius 2 is 2.40 bits per heavy atom. The lowest BCUT2D eigenvalue weighted by atomic mass is 10.4. The van der Waals surface area contributed by atoms with Crippen molar-refractivity contribution < 1.29 is 4.52 Å². The van der Waals surface area contributed by atoms with Gasteiger partial charge in [0, 0.05) is 29.3 Å². The van der Waals surface area contributed by atoms with Crippen LogP contribution in [0.1, 0.15) is 15.6 Å². The van der Waals surface area contributed by atoms with Crippen molar-refractivity contribution in [2.75, 3.05) is 6.54 Å². The number of hydrogen-bond acceptors (Lipinski definition) is 5. The van der Waals surface area contributed by atoms with Gasteiger partial charge in [0.25, 0.3) is 0 Å². The first-order chi connectivity index (χ1) is 7.34. The summed E-state index contributed by atoms with van der Waals surface area (Å²) in [5, 5.41) is 7.08. The average molecular weight is 223 g/mol. The van der Waals surface area contributed by atoms with Crippen LogP contribution in [0.2, 0.25) is 0 Å². The third kappa shape index (κ3) is 3.14. The molecular weight excluding hydrogens is 210 g/mol. The number of aromatic nitrogens is 2. The zero-order valence-corrected chi connectivity index (χ0v) is 9.38. The largest absolute Gasteiger partial charge is 0.343 e. The van der Waals surface area contributed by atoms with E-state index in [1.165, 1.54) is 16.1 Å². The third-order valence-electron chi connectivity index (χ3n) is 2.03. The first kappa shape index (κ1) is 10.3. The van der Waals surface area contributed by atoms with Gasteiger partial charge in [-0.2, -0.15) is 4.98 Å². The predicted octanol–water partition coefficient (Wildman–Crippen LogP) is 1.77. The lowest BCUT2D eigenvalue weighted by molar-refractivity contribution is 0.409. The highest BCUT2D eigenvalue weighted by molar-refractivity contribution is 7.11. The van der Waals surface area contributed by atoms with Gasteiger partial charge in [-0.1, -0.05) is 5.16 Å². The lowest BCUT2D eigenvalue weighted by Gasteiger charge is -1.99. The van der Waals surface area contributed by atoms with Crippen LogP contribution in [0.5, 0.6) is 0 Å². The number of nitrogens with one attached hydrogen (secondary N) is 1. The van der Waals surface area contributed by atoms with E-state index in [2.05, 4.69) is 39.0 Å². The monoisotopic (exact) mass is 223 g/mol. The topological polar surface area (TPSA) is 51.0 Å². The second-order valence-corrected chi connectivity index (χ2v) is 4.66. The van der Waals surface area contributed by atoms with Gasteiger partial charge in [0.05, 0.1) is 0 Å². The van der Waals surface area contributed by atoms with Crippen molar-refractivity contribution in [3.05, 3.63) is 34.1 Å². The number of hydrogen-bond donors (Lipinski definition) is 1. The maximum atomic E-state index is 4.65. The molecule has 1 N–H and O–H groups in total. The molecule has 2 heterocycles. The van der Waals surface area contributed by atoms with Gasteiger partial charge in [-0.25, -0.2) is 0 Å². The molecule has 0 atom stereocenters. The first-order valence-electron chi connectivity index (χ1n) is 4.86. The van der Waals surface area contributed by atoms with E-state index in [0.29, 0.717) is 0 Å². The van der Waals surface area contributed by atoms with Crippen LogP contribution in [0.3, 0.4) is 0 Å². The molecule has 0 fully saturated rings. The van der Waals surface area contributed by atoms with Crippen molar-refractivity contribution in [3.8, 4) is 0 Å². The van der Waals surface area contributed by atoms with Gasteiger partial charge >= 0.3 is 0 Å². The quantitative estimate of drug-likeness (QED) is 0.785. The Kier molecular flexibility index (Phi) is 3.47. The summed E-state index contributed by atoms with van der Waals surface area (Å²) < 4.78 is 4.65. The van der Waals surface area contributed by atoms with E-state index in [4.69, 9.17) is 0 Å². The predicted molar refractivity (Wildman–Crippen MR) is 58.8 cm³/mol. The van der Waals surface area contributed by atoms with Crippen LogP contribution in [0.15, 0.2) is 23.0 Å². The fourth-order valence-corrected chi connectivity index (χ4v) is 2.15. The second kappa shape index (κ2) is 5.04. The number of thiophene rings is 1. The van der Waals surface area contributed by atoms with E-state index < -0.39 is 0 Å². The summed E-state index contributed by atoms with van der Waals surface area (Å²) in [5.41, 5.74) is 0. The van der Waals surface area contributed by atoms with E-state index >= 15 is 0 Å². The number of nitrogens with zero attached hydrogens (tertiary/aromatic N) is 2. The Labute approximate surface area is 92.3 Å². The highest BCUT2D eigenvalue weighted by Crippen LogP contribution is 2.14. The molecule has 0 bridgehead atoms. The van der Waals surface area contributed by atoms with E-state index in [1.54, 1.807) is 0 Å². The minimum absolute atomic E-state index is 0.755. The Morgan fingerprint density at radius 3 is 3.07 bits per heavy atom. The molecule has 0 saturated heterocycles. The van der Waals surface area contributed by atoms with Crippen molar-refractivity contribution in [2.24, 2.45) is 0 Å². The molecule has 0 aliphatic carbocycles. The SMILES string of the molecule is Cc1ccc(CNCCc2ncon2)s1. The summed E-state index contributed by atoms with van der Waals surface area (Å²) in [6, 6.07) is 4.29. The summed E-state index contributed by atoms with van der Waals surface area (Å²) in [5.74, 6) is 0.755. The molecule has 0 spiro atoms. The highest BCUT2D eigenvalue weighted by atomic mass is 32.1. The Hall–Kier alpha value is -1.20. The van der Waals surface area contributed by atoms with Gasteiger partial charge in [-0.3, -0.25) is 0 Å². The molecule has 0 aromatic carbocycles. The van der Waals surface area contributed by atoms with Gasteiger partial charge < -0.3 is 9.84 Å². The van der Waals surface area contributed by atoms with Crippen molar-refractivity contribution in [1.29, 1.82) is 0 Å². The Bertz CT molecular complexity index is 396. The summed E-state index contributed by atoms with van der Waals surface area (Å²) in [4.78, 5) is 6.66. The van der Waals surface area contributed by atoms with Crippen molar-refractivity contribution in [1.82, 2.24) is 15.5 Å². The summed E-state index contributed by atoms with van der Waals surface area (Å²) in [6.07, 6.45) is 2.17. The molecule has 2 aromatic heterocycles. The minimum Gasteiger partial charge on any atom is -0.343 e. The molecule has 4 nitrogen and oxygen atoms in total.